The summed E-state index contributed by atoms with van der Waals surface area (Å²) >= 11 is 0. The number of aliphatic hydroxyl groups is 1. The third kappa shape index (κ3) is 3.59. The molecule has 30 heavy (non-hydrogen) atoms. The van der Waals surface area contributed by atoms with Crippen molar-refractivity contribution in [3.8, 4) is 0 Å². The van der Waals surface area contributed by atoms with Crippen molar-refractivity contribution >= 4 is 18.7 Å². The molecule has 0 saturated carbocycles. The topological polar surface area (TPSA) is 47.9 Å². The van der Waals surface area contributed by atoms with Gasteiger partial charge in [-0.05, 0) is 35.3 Å². The summed E-state index contributed by atoms with van der Waals surface area (Å²) in [6.07, 6.45) is 2.96. The van der Waals surface area contributed by atoms with E-state index in [2.05, 4.69) is 69.3 Å². The molecule has 0 amide bonds. The largest absolute Gasteiger partial charge is 0.404 e. The zero-order valence-corrected chi connectivity index (χ0v) is 19.5. The predicted octanol–water partition coefficient (Wildman–Crippen LogP) is 3.38. The van der Waals surface area contributed by atoms with Crippen molar-refractivity contribution in [3.63, 3.8) is 0 Å². The summed E-state index contributed by atoms with van der Waals surface area (Å²) in [4.78, 5) is 0. The minimum Gasteiger partial charge on any atom is -0.404 e. The van der Waals surface area contributed by atoms with E-state index in [1.807, 2.05) is 32.1 Å². The molecule has 2 aromatic rings. The van der Waals surface area contributed by atoms with Crippen LogP contribution in [-0.2, 0) is 13.9 Å². The lowest BCUT2D eigenvalue weighted by molar-refractivity contribution is -0.168. The molecule has 0 radical (unpaired) electrons. The molecule has 2 aromatic carbocycles. The number of rotatable bonds is 5. The Morgan fingerprint density at radius 3 is 1.97 bits per heavy atom. The van der Waals surface area contributed by atoms with E-state index >= 15 is 0 Å². The van der Waals surface area contributed by atoms with Crippen molar-refractivity contribution in [2.45, 2.75) is 63.3 Å². The van der Waals surface area contributed by atoms with Crippen molar-refractivity contribution < 1.29 is 19.0 Å². The smallest absolute Gasteiger partial charge is 0.261 e. The van der Waals surface area contributed by atoms with Gasteiger partial charge in [0, 0.05) is 0 Å². The van der Waals surface area contributed by atoms with Crippen LogP contribution in [0.3, 0.4) is 0 Å². The molecule has 3 atom stereocenters. The van der Waals surface area contributed by atoms with Crippen LogP contribution in [0.5, 0.6) is 0 Å². The van der Waals surface area contributed by atoms with Crippen molar-refractivity contribution in [2.24, 2.45) is 0 Å². The lowest BCUT2D eigenvalue weighted by Crippen LogP contribution is -2.68. The monoisotopic (exact) mass is 424 g/mol. The van der Waals surface area contributed by atoms with Gasteiger partial charge in [-0.3, -0.25) is 0 Å². The molecule has 0 bridgehead atoms. The Labute approximate surface area is 180 Å². The summed E-state index contributed by atoms with van der Waals surface area (Å²) in [5.74, 6) is -0.717. The van der Waals surface area contributed by atoms with Gasteiger partial charge < -0.3 is 19.0 Å². The van der Waals surface area contributed by atoms with Gasteiger partial charge in [0.15, 0.2) is 5.79 Å². The molecular weight excluding hydrogens is 392 g/mol. The second-order valence-electron chi connectivity index (χ2n) is 9.82. The van der Waals surface area contributed by atoms with Crippen LogP contribution in [0.1, 0.15) is 34.6 Å². The lowest BCUT2D eigenvalue weighted by Gasteiger charge is -2.44. The second-order valence-corrected chi connectivity index (χ2v) is 14.1. The standard InChI is InChI=1S/C25H32O4Si/c1-23(2,3)30(19-12-8-6-9-13-19,20-14-10-7-11-15-20)27-18-25(26)17-16-21-22(25)29-24(4,5)28-21/h6-17,21-22,26H,18H2,1-5H3/t21-,22-,25-/m0/s1. The van der Waals surface area contributed by atoms with Crippen LogP contribution >= 0.6 is 0 Å². The van der Waals surface area contributed by atoms with Crippen LogP contribution in [0, 0.1) is 0 Å². The number of hydrogen-bond acceptors (Lipinski definition) is 4. The molecule has 4 rings (SSSR count). The van der Waals surface area contributed by atoms with Crippen LogP contribution in [0.15, 0.2) is 72.8 Å². The van der Waals surface area contributed by atoms with Crippen LogP contribution in [0.4, 0.5) is 0 Å². The van der Waals surface area contributed by atoms with E-state index in [0.29, 0.717) is 0 Å². The minimum atomic E-state index is -2.73. The number of fused-ring (bicyclic) bond motifs is 1. The van der Waals surface area contributed by atoms with E-state index in [4.69, 9.17) is 13.9 Å². The molecule has 1 fully saturated rings. The molecular formula is C25H32O4Si. The van der Waals surface area contributed by atoms with Crippen LogP contribution < -0.4 is 10.4 Å². The quantitative estimate of drug-likeness (QED) is 0.590. The first-order valence-electron chi connectivity index (χ1n) is 10.6. The molecule has 5 heteroatoms. The van der Waals surface area contributed by atoms with E-state index in [-0.39, 0.29) is 17.7 Å². The van der Waals surface area contributed by atoms with Crippen molar-refractivity contribution in [3.05, 3.63) is 72.8 Å². The Morgan fingerprint density at radius 2 is 1.47 bits per heavy atom. The Kier molecular flexibility index (Phi) is 5.32. The highest BCUT2D eigenvalue weighted by molar-refractivity contribution is 6.99. The van der Waals surface area contributed by atoms with E-state index in [1.165, 1.54) is 10.4 Å². The summed E-state index contributed by atoms with van der Waals surface area (Å²) in [5.41, 5.74) is -1.23. The second kappa shape index (κ2) is 7.43. The molecule has 4 nitrogen and oxygen atoms in total. The summed E-state index contributed by atoms with van der Waals surface area (Å²) in [6, 6.07) is 20.9. The number of hydrogen-bond donors (Lipinski definition) is 1. The first-order chi connectivity index (χ1) is 14.1. The summed E-state index contributed by atoms with van der Waals surface area (Å²) < 4.78 is 18.9. The van der Waals surface area contributed by atoms with Gasteiger partial charge in [0.1, 0.15) is 17.8 Å². The first-order valence-corrected chi connectivity index (χ1v) is 12.5. The van der Waals surface area contributed by atoms with Crippen molar-refractivity contribution in [1.29, 1.82) is 0 Å². The highest BCUT2D eigenvalue weighted by atomic mass is 28.4. The van der Waals surface area contributed by atoms with E-state index in [0.717, 1.165) is 0 Å². The predicted molar refractivity (Wildman–Crippen MR) is 121 cm³/mol. The van der Waals surface area contributed by atoms with Gasteiger partial charge in [0.05, 0.1) is 6.61 Å². The van der Waals surface area contributed by atoms with Gasteiger partial charge in [-0.25, -0.2) is 0 Å². The van der Waals surface area contributed by atoms with E-state index in [1.54, 1.807) is 6.08 Å². The molecule has 1 saturated heterocycles. The molecule has 1 aliphatic carbocycles. The summed E-state index contributed by atoms with van der Waals surface area (Å²) in [5, 5.41) is 13.7. The van der Waals surface area contributed by atoms with Crippen LogP contribution in [0.25, 0.3) is 0 Å². The maximum Gasteiger partial charge on any atom is 0.261 e. The molecule has 0 unspecified atom stereocenters. The fourth-order valence-corrected chi connectivity index (χ4v) is 9.39. The molecule has 0 spiro atoms. The minimum absolute atomic E-state index is 0.150. The third-order valence-electron chi connectivity index (χ3n) is 6.13. The molecule has 2 aliphatic rings. The van der Waals surface area contributed by atoms with Gasteiger partial charge in [0.2, 0.25) is 0 Å². The average Bonchev–Trinajstić information content (AvgIpc) is 3.17. The Balaban J connectivity index is 1.74. The normalized spacial score (nSPS) is 27.9. The number of benzene rings is 2. The lowest BCUT2D eigenvalue weighted by atomic mass is 10.0. The molecule has 1 aliphatic heterocycles. The Bertz CT molecular complexity index is 864. The summed E-state index contributed by atoms with van der Waals surface area (Å²) in [6.45, 7) is 10.6. The fraction of sp³-hybridized carbons (Fsp3) is 0.440. The van der Waals surface area contributed by atoms with Gasteiger partial charge >= 0.3 is 0 Å². The first kappa shape index (κ1) is 21.5. The Hall–Kier alpha value is -1.76. The maximum atomic E-state index is 11.5. The van der Waals surface area contributed by atoms with Gasteiger partial charge in [-0.15, -0.1) is 0 Å². The molecule has 160 valence electrons. The van der Waals surface area contributed by atoms with Crippen LogP contribution in [0.2, 0.25) is 5.04 Å². The SMILES string of the molecule is CC1(C)O[C@H]2C=C[C@](O)(CO[Si](c3ccccc3)(c3ccccc3)C(C)(C)C)[C@H]2O1. The highest BCUT2D eigenvalue weighted by Gasteiger charge is 2.57. The third-order valence-corrected chi connectivity index (χ3v) is 11.1. The van der Waals surface area contributed by atoms with Crippen molar-refractivity contribution in [1.82, 2.24) is 0 Å². The fourth-order valence-electron chi connectivity index (χ4n) is 4.79. The molecule has 1 heterocycles. The highest BCUT2D eigenvalue weighted by Crippen LogP contribution is 2.42. The average molecular weight is 425 g/mol. The Morgan fingerprint density at radius 1 is 0.933 bits per heavy atom. The van der Waals surface area contributed by atoms with Gasteiger partial charge in [-0.1, -0.05) is 87.5 Å². The summed E-state index contributed by atoms with van der Waals surface area (Å²) in [7, 11) is -2.73. The molecule has 0 aromatic heterocycles. The zero-order valence-electron chi connectivity index (χ0n) is 18.5. The number of ether oxygens (including phenoxy) is 2. The molecule has 1 N–H and O–H groups in total. The van der Waals surface area contributed by atoms with Crippen molar-refractivity contribution in [2.75, 3.05) is 6.61 Å². The van der Waals surface area contributed by atoms with Gasteiger partial charge in [-0.2, -0.15) is 0 Å². The van der Waals surface area contributed by atoms with E-state index < -0.39 is 25.8 Å². The van der Waals surface area contributed by atoms with E-state index in [9.17, 15) is 5.11 Å². The zero-order chi connectivity index (χ0) is 21.6. The van der Waals surface area contributed by atoms with Gasteiger partial charge in [0.25, 0.3) is 8.32 Å². The van der Waals surface area contributed by atoms with Crippen LogP contribution in [-0.4, -0.2) is 43.6 Å². The maximum absolute atomic E-state index is 11.5.